The van der Waals surface area contributed by atoms with Gasteiger partial charge in [-0.15, -0.1) is 0 Å². The number of hydrogen-bond donors (Lipinski definition) is 2. The van der Waals surface area contributed by atoms with Crippen LogP contribution in [0.4, 0.5) is 4.39 Å². The summed E-state index contributed by atoms with van der Waals surface area (Å²) in [6, 6.07) is 6.06. The molecule has 0 fully saturated rings. The van der Waals surface area contributed by atoms with E-state index in [1.165, 1.54) is 12.1 Å². The van der Waals surface area contributed by atoms with Crippen LogP contribution in [-0.4, -0.2) is 0 Å². The molecule has 0 unspecified atom stereocenters. The van der Waals surface area contributed by atoms with E-state index in [4.69, 9.17) is 10.6 Å². The lowest BCUT2D eigenvalue weighted by Gasteiger charge is -2.05. The van der Waals surface area contributed by atoms with Gasteiger partial charge in [-0.25, -0.2) is 4.39 Å². The summed E-state index contributed by atoms with van der Waals surface area (Å²) in [5.41, 5.74) is 4.61. The molecule has 1 aliphatic carbocycles. The molecule has 0 heterocycles. The van der Waals surface area contributed by atoms with Crippen LogP contribution in [0, 0.1) is 5.82 Å². The molecule has 0 amide bonds. The van der Waals surface area contributed by atoms with E-state index in [9.17, 15) is 4.39 Å². The van der Waals surface area contributed by atoms with Gasteiger partial charge in [-0.3, -0.25) is 5.84 Å². The summed E-state index contributed by atoms with van der Waals surface area (Å²) in [4.78, 5) is 0. The van der Waals surface area contributed by atoms with Crippen LogP contribution in [-0.2, 0) is 0 Å². The lowest BCUT2D eigenvalue weighted by atomic mass is 10.2. The summed E-state index contributed by atoms with van der Waals surface area (Å²) in [5, 5.41) is 0. The number of rotatable bonds is 3. The summed E-state index contributed by atoms with van der Waals surface area (Å²) < 4.78 is 18.6. The molecule has 4 heteroatoms. The highest BCUT2D eigenvalue weighted by Crippen LogP contribution is 2.20. The number of halogens is 1. The second-order valence-corrected chi connectivity index (χ2v) is 4.04. The summed E-state index contributed by atoms with van der Waals surface area (Å²) in [7, 11) is 0. The predicted octanol–water partition coefficient (Wildman–Crippen LogP) is 2.79. The van der Waals surface area contributed by atoms with Gasteiger partial charge in [0, 0.05) is 11.8 Å². The molecule has 3 nitrogen and oxygen atoms in total. The Morgan fingerprint density at radius 2 is 2.17 bits per heavy atom. The molecule has 0 radical (unpaired) electrons. The highest BCUT2D eigenvalue weighted by atomic mass is 19.1. The molecule has 0 saturated heterocycles. The van der Waals surface area contributed by atoms with Crippen LogP contribution in [0.25, 0.3) is 0 Å². The molecule has 0 atom stereocenters. The van der Waals surface area contributed by atoms with E-state index in [1.807, 2.05) is 19.1 Å². The van der Waals surface area contributed by atoms with E-state index in [2.05, 4.69) is 5.43 Å². The third-order valence-electron chi connectivity index (χ3n) is 2.67. The number of nitrogens with one attached hydrogen (secondary N) is 1. The minimum Gasteiger partial charge on any atom is -0.458 e. The van der Waals surface area contributed by atoms with Crippen LogP contribution in [0.5, 0.6) is 5.75 Å². The lowest BCUT2D eigenvalue weighted by Crippen LogP contribution is -2.20. The van der Waals surface area contributed by atoms with E-state index in [-0.39, 0.29) is 5.82 Å². The van der Waals surface area contributed by atoms with Crippen LogP contribution in [0.2, 0.25) is 0 Å². The Kier molecular flexibility index (Phi) is 3.79. The Bertz CT molecular complexity index is 532. The zero-order valence-corrected chi connectivity index (χ0v) is 10.1. The van der Waals surface area contributed by atoms with Crippen molar-refractivity contribution in [2.45, 2.75) is 13.3 Å². The summed E-state index contributed by atoms with van der Waals surface area (Å²) in [6.07, 6.45) is 6.31. The first-order valence-electron chi connectivity index (χ1n) is 5.67. The van der Waals surface area contributed by atoms with Gasteiger partial charge in [0.25, 0.3) is 0 Å². The number of allylic oxidation sites excluding steroid dienone is 4. The molecule has 3 N–H and O–H groups in total. The maximum absolute atomic E-state index is 13.0. The largest absolute Gasteiger partial charge is 0.458 e. The quantitative estimate of drug-likeness (QED) is 0.637. The molecule has 2 rings (SSSR count). The molecule has 0 spiro atoms. The molecule has 0 aromatic heterocycles. The highest BCUT2D eigenvalue weighted by molar-refractivity contribution is 5.35. The van der Waals surface area contributed by atoms with E-state index in [1.54, 1.807) is 18.2 Å². The fourth-order valence-electron chi connectivity index (χ4n) is 1.65. The first kappa shape index (κ1) is 12.4. The number of nitrogens with two attached hydrogens (primary N) is 1. The van der Waals surface area contributed by atoms with Gasteiger partial charge in [0.05, 0.1) is 0 Å². The monoisotopic (exact) mass is 246 g/mol. The smallest absolute Gasteiger partial charge is 0.130 e. The number of ether oxygens (including phenoxy) is 1. The van der Waals surface area contributed by atoms with Crippen molar-refractivity contribution in [2.75, 3.05) is 0 Å². The zero-order chi connectivity index (χ0) is 13.0. The Hall–Kier alpha value is -2.07. The molecular weight excluding hydrogens is 231 g/mol. The van der Waals surface area contributed by atoms with Gasteiger partial charge >= 0.3 is 0 Å². The molecule has 0 aliphatic heterocycles. The average Bonchev–Trinajstić information content (AvgIpc) is 2.52. The molecular formula is C14H15FN2O. The number of benzene rings is 1. The molecule has 1 aromatic rings. The molecule has 18 heavy (non-hydrogen) atoms. The van der Waals surface area contributed by atoms with Crippen molar-refractivity contribution in [2.24, 2.45) is 5.84 Å². The summed E-state index contributed by atoms with van der Waals surface area (Å²) in [6.45, 7) is 1.99. The van der Waals surface area contributed by atoms with Crippen LogP contribution in [0.1, 0.15) is 13.3 Å². The maximum Gasteiger partial charge on any atom is 0.130 e. The SMILES string of the molecule is CC1=C(NN)C=CC(Oc2cccc(F)c2)=CC1. The standard InChI is InChI=1S/C14H15FN2O/c1-10-5-6-12(7-8-14(10)17-16)18-13-4-2-3-11(15)9-13/h2-4,6-9,17H,5,16H2,1H3. The van der Waals surface area contributed by atoms with Crippen molar-refractivity contribution < 1.29 is 9.13 Å². The third-order valence-corrected chi connectivity index (χ3v) is 2.67. The Balaban J connectivity index is 2.13. The minimum absolute atomic E-state index is 0.315. The lowest BCUT2D eigenvalue weighted by molar-refractivity contribution is 0.438. The van der Waals surface area contributed by atoms with Gasteiger partial charge in [0.1, 0.15) is 17.3 Å². The normalized spacial score (nSPS) is 15.2. The van der Waals surface area contributed by atoms with Gasteiger partial charge in [0.15, 0.2) is 0 Å². The van der Waals surface area contributed by atoms with Crippen LogP contribution >= 0.6 is 0 Å². The Labute approximate surface area is 105 Å². The molecule has 1 aromatic carbocycles. The van der Waals surface area contributed by atoms with Crippen molar-refractivity contribution in [3.8, 4) is 5.75 Å². The van der Waals surface area contributed by atoms with Crippen molar-refractivity contribution in [3.63, 3.8) is 0 Å². The fourth-order valence-corrected chi connectivity index (χ4v) is 1.65. The highest BCUT2D eigenvalue weighted by Gasteiger charge is 2.05. The fraction of sp³-hybridized carbons (Fsp3) is 0.143. The maximum atomic E-state index is 13.0. The second-order valence-electron chi connectivity index (χ2n) is 4.04. The van der Waals surface area contributed by atoms with Gasteiger partial charge < -0.3 is 10.2 Å². The van der Waals surface area contributed by atoms with Gasteiger partial charge in [-0.1, -0.05) is 6.07 Å². The topological polar surface area (TPSA) is 47.3 Å². The van der Waals surface area contributed by atoms with E-state index >= 15 is 0 Å². The van der Waals surface area contributed by atoms with Crippen LogP contribution in [0.3, 0.4) is 0 Å². The first-order chi connectivity index (χ1) is 8.69. The van der Waals surface area contributed by atoms with Crippen LogP contribution < -0.4 is 16.0 Å². The summed E-state index contributed by atoms with van der Waals surface area (Å²) in [5.74, 6) is 6.24. The Morgan fingerprint density at radius 3 is 2.89 bits per heavy atom. The van der Waals surface area contributed by atoms with Gasteiger partial charge in [-0.05, 0) is 49.3 Å². The minimum atomic E-state index is -0.315. The van der Waals surface area contributed by atoms with E-state index < -0.39 is 0 Å². The summed E-state index contributed by atoms with van der Waals surface area (Å²) >= 11 is 0. The van der Waals surface area contributed by atoms with Gasteiger partial charge in [0.2, 0.25) is 0 Å². The predicted molar refractivity (Wildman–Crippen MR) is 68.9 cm³/mol. The third kappa shape index (κ3) is 2.99. The number of hydrazine groups is 1. The first-order valence-corrected chi connectivity index (χ1v) is 5.67. The van der Waals surface area contributed by atoms with Crippen molar-refractivity contribution >= 4 is 0 Å². The zero-order valence-electron chi connectivity index (χ0n) is 10.1. The van der Waals surface area contributed by atoms with E-state index in [0.717, 1.165) is 17.7 Å². The van der Waals surface area contributed by atoms with Crippen molar-refractivity contribution in [1.29, 1.82) is 0 Å². The molecule has 1 aliphatic rings. The second kappa shape index (κ2) is 5.51. The molecule has 0 bridgehead atoms. The van der Waals surface area contributed by atoms with Crippen molar-refractivity contribution in [1.82, 2.24) is 5.43 Å². The van der Waals surface area contributed by atoms with Crippen LogP contribution in [0.15, 0.2) is 59.5 Å². The Morgan fingerprint density at radius 1 is 1.33 bits per heavy atom. The van der Waals surface area contributed by atoms with E-state index in [0.29, 0.717) is 11.5 Å². The molecule has 94 valence electrons. The van der Waals surface area contributed by atoms with Gasteiger partial charge in [-0.2, -0.15) is 0 Å². The molecule has 0 saturated carbocycles. The number of hydrogen-bond acceptors (Lipinski definition) is 3. The average molecular weight is 246 g/mol. The van der Waals surface area contributed by atoms with Crippen molar-refractivity contribution in [3.05, 3.63) is 65.3 Å².